The fourth-order valence-electron chi connectivity index (χ4n) is 1.36. The van der Waals surface area contributed by atoms with Crippen molar-refractivity contribution in [2.45, 2.75) is 25.5 Å². The van der Waals surface area contributed by atoms with E-state index in [1.54, 1.807) is 18.9 Å². The normalized spacial score (nSPS) is 11.0. The molecule has 0 aliphatic rings. The van der Waals surface area contributed by atoms with Crippen molar-refractivity contribution in [1.82, 2.24) is 5.32 Å². The number of nitrogens with one attached hydrogen (secondary N) is 1. The molecule has 0 heterocycles. The summed E-state index contributed by atoms with van der Waals surface area (Å²) in [6.45, 7) is 7.25. The average Bonchev–Trinajstić information content (AvgIpc) is 2.41. The number of carbonyl (C=O) groups is 1. The highest BCUT2D eigenvalue weighted by Crippen LogP contribution is 2.22. The standard InChI is InChI=1S/C15H23NO3S/c1-15(2,3)20-11-14(17)16-9-10-19-13-7-5-12(18-4)6-8-13/h5-8H,9-11H2,1-4H3,(H,16,17). The van der Waals surface area contributed by atoms with E-state index in [0.29, 0.717) is 18.9 Å². The van der Waals surface area contributed by atoms with Gasteiger partial charge in [-0.3, -0.25) is 4.79 Å². The van der Waals surface area contributed by atoms with E-state index in [-0.39, 0.29) is 10.7 Å². The first-order valence-corrected chi connectivity index (χ1v) is 7.57. The van der Waals surface area contributed by atoms with Crippen molar-refractivity contribution in [1.29, 1.82) is 0 Å². The minimum Gasteiger partial charge on any atom is -0.497 e. The molecule has 1 aromatic carbocycles. The number of benzene rings is 1. The minimum absolute atomic E-state index is 0.0447. The highest BCUT2D eigenvalue weighted by molar-refractivity contribution is 8.01. The second-order valence-electron chi connectivity index (χ2n) is 5.27. The number of amides is 1. The SMILES string of the molecule is COc1ccc(OCCNC(=O)CSC(C)(C)C)cc1. The molecule has 20 heavy (non-hydrogen) atoms. The third-order valence-electron chi connectivity index (χ3n) is 2.39. The van der Waals surface area contributed by atoms with Gasteiger partial charge in [-0.05, 0) is 24.3 Å². The van der Waals surface area contributed by atoms with Crippen LogP contribution in [0.15, 0.2) is 24.3 Å². The van der Waals surface area contributed by atoms with Crippen LogP contribution in [-0.2, 0) is 4.79 Å². The van der Waals surface area contributed by atoms with Gasteiger partial charge in [0, 0.05) is 4.75 Å². The fourth-order valence-corrected chi connectivity index (χ4v) is 2.03. The fraction of sp³-hybridized carbons (Fsp3) is 0.533. The van der Waals surface area contributed by atoms with E-state index < -0.39 is 0 Å². The predicted octanol–water partition coefficient (Wildman–Crippen LogP) is 2.72. The molecule has 0 bridgehead atoms. The first kappa shape index (κ1) is 16.7. The van der Waals surface area contributed by atoms with E-state index in [2.05, 4.69) is 26.1 Å². The molecule has 0 radical (unpaired) electrons. The van der Waals surface area contributed by atoms with Crippen LogP contribution in [0.25, 0.3) is 0 Å². The zero-order valence-electron chi connectivity index (χ0n) is 12.6. The molecule has 0 aromatic heterocycles. The molecule has 112 valence electrons. The van der Waals surface area contributed by atoms with Crippen LogP contribution in [0, 0.1) is 0 Å². The summed E-state index contributed by atoms with van der Waals surface area (Å²) in [4.78, 5) is 11.6. The molecule has 0 unspecified atom stereocenters. The maximum atomic E-state index is 11.6. The van der Waals surface area contributed by atoms with Crippen LogP contribution < -0.4 is 14.8 Å². The Morgan fingerprint density at radius 2 is 1.80 bits per heavy atom. The summed E-state index contributed by atoms with van der Waals surface area (Å²) in [5.41, 5.74) is 0. The topological polar surface area (TPSA) is 47.6 Å². The van der Waals surface area contributed by atoms with Crippen LogP contribution in [0.2, 0.25) is 0 Å². The van der Waals surface area contributed by atoms with Crippen LogP contribution >= 0.6 is 11.8 Å². The number of ether oxygens (including phenoxy) is 2. The molecular weight excluding hydrogens is 274 g/mol. The van der Waals surface area contributed by atoms with E-state index in [1.807, 2.05) is 24.3 Å². The lowest BCUT2D eigenvalue weighted by Crippen LogP contribution is -2.30. The molecule has 5 heteroatoms. The third-order valence-corrected chi connectivity index (χ3v) is 3.66. The minimum atomic E-state index is 0.0447. The van der Waals surface area contributed by atoms with Gasteiger partial charge in [0.05, 0.1) is 19.4 Å². The van der Waals surface area contributed by atoms with Gasteiger partial charge in [0.25, 0.3) is 0 Å². The first-order valence-electron chi connectivity index (χ1n) is 6.58. The molecule has 1 aromatic rings. The molecule has 0 spiro atoms. The van der Waals surface area contributed by atoms with Crippen molar-refractivity contribution in [3.63, 3.8) is 0 Å². The van der Waals surface area contributed by atoms with E-state index in [4.69, 9.17) is 9.47 Å². The maximum Gasteiger partial charge on any atom is 0.230 e. The lowest BCUT2D eigenvalue weighted by atomic mass is 10.3. The molecule has 0 atom stereocenters. The van der Waals surface area contributed by atoms with Crippen molar-refractivity contribution in [3.8, 4) is 11.5 Å². The number of thioether (sulfide) groups is 1. The Labute approximate surface area is 125 Å². The van der Waals surface area contributed by atoms with Crippen LogP contribution in [0.3, 0.4) is 0 Å². The average molecular weight is 297 g/mol. The summed E-state index contributed by atoms with van der Waals surface area (Å²) in [5.74, 6) is 2.09. The van der Waals surface area contributed by atoms with Crippen LogP contribution in [0.4, 0.5) is 0 Å². The highest BCUT2D eigenvalue weighted by atomic mass is 32.2. The molecular formula is C15H23NO3S. The van der Waals surface area contributed by atoms with Crippen molar-refractivity contribution >= 4 is 17.7 Å². The van der Waals surface area contributed by atoms with Gasteiger partial charge in [-0.2, -0.15) is 0 Å². The van der Waals surface area contributed by atoms with Crippen molar-refractivity contribution in [2.24, 2.45) is 0 Å². The first-order chi connectivity index (χ1) is 9.40. The van der Waals surface area contributed by atoms with E-state index >= 15 is 0 Å². The second kappa shape index (κ2) is 8.04. The van der Waals surface area contributed by atoms with Gasteiger partial charge in [0.2, 0.25) is 5.91 Å². The van der Waals surface area contributed by atoms with Gasteiger partial charge in [0.15, 0.2) is 0 Å². The summed E-state index contributed by atoms with van der Waals surface area (Å²) in [6, 6.07) is 7.37. The number of hydrogen-bond donors (Lipinski definition) is 1. The Morgan fingerprint density at radius 3 is 2.35 bits per heavy atom. The zero-order valence-corrected chi connectivity index (χ0v) is 13.4. The Kier molecular flexibility index (Phi) is 6.71. The molecule has 0 saturated carbocycles. The van der Waals surface area contributed by atoms with Crippen LogP contribution in [0.1, 0.15) is 20.8 Å². The highest BCUT2D eigenvalue weighted by Gasteiger charge is 2.12. The summed E-state index contributed by atoms with van der Waals surface area (Å²) >= 11 is 1.63. The smallest absolute Gasteiger partial charge is 0.230 e. The van der Waals surface area contributed by atoms with Gasteiger partial charge in [-0.1, -0.05) is 20.8 Å². The monoisotopic (exact) mass is 297 g/mol. The molecule has 4 nitrogen and oxygen atoms in total. The lowest BCUT2D eigenvalue weighted by Gasteiger charge is -2.17. The predicted molar refractivity (Wildman–Crippen MR) is 83.7 cm³/mol. The van der Waals surface area contributed by atoms with Crippen LogP contribution in [-0.4, -0.2) is 36.7 Å². The second-order valence-corrected chi connectivity index (χ2v) is 7.08. The van der Waals surface area contributed by atoms with Crippen LogP contribution in [0.5, 0.6) is 11.5 Å². The van der Waals surface area contributed by atoms with Gasteiger partial charge in [-0.15, -0.1) is 11.8 Å². The molecule has 1 N–H and O–H groups in total. The zero-order chi connectivity index (χ0) is 15.0. The van der Waals surface area contributed by atoms with Gasteiger partial charge >= 0.3 is 0 Å². The maximum absolute atomic E-state index is 11.6. The molecule has 0 fully saturated rings. The van der Waals surface area contributed by atoms with Gasteiger partial charge in [-0.25, -0.2) is 0 Å². The molecule has 0 aliphatic heterocycles. The molecule has 0 aliphatic carbocycles. The van der Waals surface area contributed by atoms with E-state index in [1.165, 1.54) is 0 Å². The lowest BCUT2D eigenvalue weighted by molar-refractivity contribution is -0.118. The Bertz CT molecular complexity index is 412. The van der Waals surface area contributed by atoms with E-state index in [0.717, 1.165) is 11.5 Å². The summed E-state index contributed by atoms with van der Waals surface area (Å²) in [7, 11) is 1.63. The van der Waals surface area contributed by atoms with Crippen molar-refractivity contribution in [2.75, 3.05) is 26.0 Å². The largest absolute Gasteiger partial charge is 0.497 e. The Morgan fingerprint density at radius 1 is 1.20 bits per heavy atom. The summed E-state index contributed by atoms with van der Waals surface area (Å²) in [5, 5.41) is 2.84. The molecule has 1 amide bonds. The van der Waals surface area contributed by atoms with Crippen molar-refractivity contribution < 1.29 is 14.3 Å². The number of methoxy groups -OCH3 is 1. The van der Waals surface area contributed by atoms with Crippen molar-refractivity contribution in [3.05, 3.63) is 24.3 Å². The number of hydrogen-bond acceptors (Lipinski definition) is 4. The summed E-state index contributed by atoms with van der Waals surface area (Å²) < 4.78 is 10.7. The quantitative estimate of drug-likeness (QED) is 0.786. The Hall–Kier alpha value is -1.36. The van der Waals surface area contributed by atoms with E-state index in [9.17, 15) is 4.79 Å². The Balaban J connectivity index is 2.16. The van der Waals surface area contributed by atoms with Gasteiger partial charge in [0.1, 0.15) is 18.1 Å². The van der Waals surface area contributed by atoms with Gasteiger partial charge < -0.3 is 14.8 Å². The third kappa shape index (κ3) is 7.28. The number of rotatable bonds is 7. The number of carbonyl (C=O) groups excluding carboxylic acids is 1. The summed E-state index contributed by atoms with van der Waals surface area (Å²) in [6.07, 6.45) is 0. The molecule has 1 rings (SSSR count). The molecule has 0 saturated heterocycles.